The molecule has 0 fully saturated rings. The van der Waals surface area contributed by atoms with Gasteiger partial charge in [-0.15, -0.1) is 0 Å². The first kappa shape index (κ1) is 14.3. The van der Waals surface area contributed by atoms with Gasteiger partial charge in [-0.2, -0.15) is 0 Å². The first-order valence-corrected chi connectivity index (χ1v) is 6.59. The summed E-state index contributed by atoms with van der Waals surface area (Å²) in [7, 11) is 0. The van der Waals surface area contributed by atoms with E-state index in [1.54, 1.807) is 19.1 Å². The van der Waals surface area contributed by atoms with E-state index < -0.39 is 0 Å². The van der Waals surface area contributed by atoms with E-state index in [1.807, 2.05) is 31.2 Å². The molecule has 0 unspecified atom stereocenters. The van der Waals surface area contributed by atoms with Crippen LogP contribution in [0.25, 0.3) is 0 Å². The topological polar surface area (TPSA) is 55.2 Å². The molecule has 0 aromatic heterocycles. The first-order chi connectivity index (χ1) is 9.47. The van der Waals surface area contributed by atoms with Gasteiger partial charge in [0.1, 0.15) is 0 Å². The third-order valence-corrected chi connectivity index (χ3v) is 3.55. The largest absolute Gasteiger partial charge is 0.381 e. The van der Waals surface area contributed by atoms with Crippen LogP contribution in [-0.2, 0) is 6.54 Å². The summed E-state index contributed by atoms with van der Waals surface area (Å²) in [5, 5.41) is 14.8. The van der Waals surface area contributed by atoms with Gasteiger partial charge in [0.15, 0.2) is 0 Å². The highest BCUT2D eigenvalue weighted by atomic mass is 35.5. The number of hydrogen-bond donors (Lipinski definition) is 1. The molecule has 0 aliphatic carbocycles. The molecule has 4 nitrogen and oxygen atoms in total. The monoisotopic (exact) mass is 290 g/mol. The maximum absolute atomic E-state index is 10.9. The van der Waals surface area contributed by atoms with E-state index in [-0.39, 0.29) is 10.6 Å². The zero-order valence-corrected chi connectivity index (χ0v) is 12.1. The van der Waals surface area contributed by atoms with Gasteiger partial charge in [-0.25, -0.2) is 0 Å². The van der Waals surface area contributed by atoms with Gasteiger partial charge in [-0.1, -0.05) is 29.8 Å². The molecule has 0 aliphatic heterocycles. The highest BCUT2D eigenvalue weighted by Gasteiger charge is 2.10. The predicted molar refractivity (Wildman–Crippen MR) is 81.3 cm³/mol. The number of nitrogens with zero attached hydrogens (tertiary/aromatic N) is 1. The van der Waals surface area contributed by atoms with Gasteiger partial charge in [0, 0.05) is 28.9 Å². The van der Waals surface area contributed by atoms with Crippen LogP contribution in [0.15, 0.2) is 36.4 Å². The number of hydrogen-bond acceptors (Lipinski definition) is 3. The molecule has 0 aliphatic rings. The smallest absolute Gasteiger partial charge is 0.272 e. The number of nitrogens with one attached hydrogen (secondary N) is 1. The van der Waals surface area contributed by atoms with Crippen LogP contribution in [0.1, 0.15) is 16.7 Å². The van der Waals surface area contributed by atoms with Gasteiger partial charge in [0.25, 0.3) is 5.69 Å². The Morgan fingerprint density at radius 1 is 1.15 bits per heavy atom. The Hall–Kier alpha value is -2.07. The Morgan fingerprint density at radius 2 is 1.85 bits per heavy atom. The Kier molecular flexibility index (Phi) is 4.25. The molecule has 0 atom stereocenters. The summed E-state index contributed by atoms with van der Waals surface area (Å²) in [6.45, 7) is 4.19. The lowest BCUT2D eigenvalue weighted by Gasteiger charge is -2.08. The number of aryl methyl sites for hydroxylation is 2. The predicted octanol–water partition coefficient (Wildman–Crippen LogP) is 4.48. The maximum Gasteiger partial charge on any atom is 0.272 e. The van der Waals surface area contributed by atoms with Crippen LogP contribution in [0, 0.1) is 24.0 Å². The van der Waals surface area contributed by atoms with Crippen LogP contribution in [0.5, 0.6) is 0 Å². The molecule has 5 heteroatoms. The van der Waals surface area contributed by atoms with Gasteiger partial charge in [0.05, 0.1) is 4.92 Å². The van der Waals surface area contributed by atoms with Crippen molar-refractivity contribution in [3.63, 3.8) is 0 Å². The summed E-state index contributed by atoms with van der Waals surface area (Å²) in [5.41, 5.74) is 3.58. The zero-order chi connectivity index (χ0) is 14.7. The fourth-order valence-corrected chi connectivity index (χ4v) is 2.05. The Balaban J connectivity index is 2.12. The van der Waals surface area contributed by atoms with Crippen molar-refractivity contribution in [2.45, 2.75) is 20.4 Å². The van der Waals surface area contributed by atoms with Crippen LogP contribution in [-0.4, -0.2) is 4.92 Å². The fourth-order valence-electron chi connectivity index (χ4n) is 1.87. The molecule has 0 radical (unpaired) electrons. The van der Waals surface area contributed by atoms with Gasteiger partial charge in [-0.05, 0) is 37.1 Å². The lowest BCUT2D eigenvalue weighted by atomic mass is 10.1. The molecular weight excluding hydrogens is 276 g/mol. The van der Waals surface area contributed by atoms with Crippen LogP contribution in [0.2, 0.25) is 5.02 Å². The Labute approximate surface area is 122 Å². The molecule has 0 saturated carbocycles. The van der Waals surface area contributed by atoms with Crippen molar-refractivity contribution in [2.75, 3.05) is 5.32 Å². The summed E-state index contributed by atoms with van der Waals surface area (Å²) in [5.74, 6) is 0. The highest BCUT2D eigenvalue weighted by molar-refractivity contribution is 6.31. The van der Waals surface area contributed by atoms with Crippen molar-refractivity contribution >= 4 is 23.0 Å². The summed E-state index contributed by atoms with van der Waals surface area (Å²) in [4.78, 5) is 10.5. The average molecular weight is 291 g/mol. The minimum atomic E-state index is -0.360. The molecule has 0 amide bonds. The minimum Gasteiger partial charge on any atom is -0.381 e. The van der Waals surface area contributed by atoms with E-state index in [2.05, 4.69) is 5.32 Å². The molecule has 0 bridgehead atoms. The lowest BCUT2D eigenvalue weighted by Crippen LogP contribution is -2.01. The van der Waals surface area contributed by atoms with Crippen molar-refractivity contribution in [3.8, 4) is 0 Å². The number of rotatable bonds is 4. The van der Waals surface area contributed by atoms with E-state index in [0.29, 0.717) is 17.1 Å². The zero-order valence-electron chi connectivity index (χ0n) is 11.3. The standard InChI is InChI=1S/C15H15ClN2O2/c1-10-4-6-13(8-14(10)16)17-9-12-5-3-11(2)15(7-12)18(19)20/h3-8,17H,9H2,1-2H3. The number of anilines is 1. The van der Waals surface area contributed by atoms with Crippen molar-refractivity contribution in [3.05, 3.63) is 68.2 Å². The number of halogens is 1. The van der Waals surface area contributed by atoms with E-state index in [9.17, 15) is 10.1 Å². The molecule has 0 spiro atoms. The number of nitro groups is 1. The normalized spacial score (nSPS) is 10.3. The third-order valence-electron chi connectivity index (χ3n) is 3.14. The molecule has 2 rings (SSSR count). The summed E-state index contributed by atoms with van der Waals surface area (Å²) < 4.78 is 0. The molecule has 1 N–H and O–H groups in total. The van der Waals surface area contributed by atoms with Crippen LogP contribution < -0.4 is 5.32 Å². The second kappa shape index (κ2) is 5.92. The van der Waals surface area contributed by atoms with Crippen LogP contribution >= 0.6 is 11.6 Å². The van der Waals surface area contributed by atoms with Crippen LogP contribution in [0.3, 0.4) is 0 Å². The van der Waals surface area contributed by atoms with Crippen molar-refractivity contribution in [1.82, 2.24) is 0 Å². The second-order valence-electron chi connectivity index (χ2n) is 4.70. The lowest BCUT2D eigenvalue weighted by molar-refractivity contribution is -0.385. The molecule has 0 heterocycles. The molecule has 0 saturated heterocycles. The first-order valence-electron chi connectivity index (χ1n) is 6.21. The van der Waals surface area contributed by atoms with E-state index >= 15 is 0 Å². The third kappa shape index (κ3) is 3.27. The average Bonchev–Trinajstić information content (AvgIpc) is 2.41. The molecule has 20 heavy (non-hydrogen) atoms. The van der Waals surface area contributed by atoms with Crippen LogP contribution in [0.4, 0.5) is 11.4 Å². The van der Waals surface area contributed by atoms with Crippen molar-refractivity contribution < 1.29 is 4.92 Å². The summed E-state index contributed by atoms with van der Waals surface area (Å²) in [6, 6.07) is 11.0. The fraction of sp³-hybridized carbons (Fsp3) is 0.200. The van der Waals surface area contributed by atoms with Gasteiger partial charge in [0.2, 0.25) is 0 Å². The Bertz CT molecular complexity index is 656. The quantitative estimate of drug-likeness (QED) is 0.667. The summed E-state index contributed by atoms with van der Waals surface area (Å²) >= 11 is 6.05. The van der Waals surface area contributed by atoms with E-state index in [0.717, 1.165) is 16.8 Å². The highest BCUT2D eigenvalue weighted by Crippen LogP contribution is 2.22. The van der Waals surface area contributed by atoms with Crippen molar-refractivity contribution in [2.24, 2.45) is 0 Å². The van der Waals surface area contributed by atoms with E-state index in [4.69, 9.17) is 11.6 Å². The SMILES string of the molecule is Cc1ccc(NCc2ccc(C)c([N+](=O)[O-])c2)cc1Cl. The molecule has 104 valence electrons. The number of nitro benzene ring substituents is 1. The van der Waals surface area contributed by atoms with Crippen molar-refractivity contribution in [1.29, 1.82) is 0 Å². The van der Waals surface area contributed by atoms with Gasteiger partial charge in [-0.3, -0.25) is 10.1 Å². The molecule has 2 aromatic carbocycles. The second-order valence-corrected chi connectivity index (χ2v) is 5.10. The molecular formula is C15H15ClN2O2. The van der Waals surface area contributed by atoms with Gasteiger partial charge < -0.3 is 5.32 Å². The van der Waals surface area contributed by atoms with Gasteiger partial charge >= 0.3 is 0 Å². The Morgan fingerprint density at radius 3 is 2.50 bits per heavy atom. The summed E-state index contributed by atoms with van der Waals surface area (Å²) in [6.07, 6.45) is 0. The van der Waals surface area contributed by atoms with E-state index in [1.165, 1.54) is 0 Å². The maximum atomic E-state index is 10.9. The minimum absolute atomic E-state index is 0.145. The number of benzene rings is 2. The molecule has 2 aromatic rings.